The Hall–Kier alpha value is -4.31. The molecule has 5 rings (SSSR count). The second-order valence-corrected chi connectivity index (χ2v) is 7.70. The number of furan rings is 1. The molecule has 158 valence electrons. The summed E-state index contributed by atoms with van der Waals surface area (Å²) in [6, 6.07) is 16.0. The minimum absolute atomic E-state index is 0.0485. The Balaban J connectivity index is 1.68. The van der Waals surface area contributed by atoms with Crippen LogP contribution in [0.4, 0.5) is 5.69 Å². The molecule has 0 bridgehead atoms. The molecule has 1 saturated heterocycles. The van der Waals surface area contributed by atoms with E-state index in [1.807, 2.05) is 6.07 Å². The highest BCUT2D eigenvalue weighted by Gasteiger charge is 2.48. The Morgan fingerprint density at radius 3 is 2.59 bits per heavy atom. The monoisotopic (exact) mass is 426 g/mol. The molecule has 1 atom stereocenters. The van der Waals surface area contributed by atoms with Crippen LogP contribution in [0.5, 0.6) is 5.75 Å². The number of rotatable bonds is 3. The van der Waals surface area contributed by atoms with Gasteiger partial charge in [0.1, 0.15) is 29.1 Å². The second-order valence-electron chi connectivity index (χ2n) is 7.70. The number of carbonyl (C=O) groups is 2. The Kier molecular flexibility index (Phi) is 4.56. The molecule has 1 fully saturated rings. The minimum atomic E-state index is -0.943. The number of aliphatic hydroxyl groups excluding tert-OH is 1. The number of Topliss-reactive ketones (excluding diaryl/α,β-unsaturated/α-hetero) is 1. The van der Waals surface area contributed by atoms with Crippen LogP contribution in [0, 0.1) is 18.3 Å². The highest BCUT2D eigenvalue weighted by atomic mass is 16.5. The summed E-state index contributed by atoms with van der Waals surface area (Å²) < 4.78 is 11.3. The van der Waals surface area contributed by atoms with Gasteiger partial charge in [-0.25, -0.2) is 0 Å². The molecule has 1 amide bonds. The molecule has 0 radical (unpaired) electrons. The first-order valence-electron chi connectivity index (χ1n) is 10.1. The quantitative estimate of drug-likeness (QED) is 0.385. The second kappa shape index (κ2) is 7.43. The predicted octanol–water partition coefficient (Wildman–Crippen LogP) is 4.02. The van der Waals surface area contributed by atoms with Crippen molar-refractivity contribution < 1.29 is 23.8 Å². The highest BCUT2D eigenvalue weighted by Crippen LogP contribution is 2.43. The molecule has 32 heavy (non-hydrogen) atoms. The van der Waals surface area contributed by atoms with Gasteiger partial charge in [-0.05, 0) is 67.1 Å². The van der Waals surface area contributed by atoms with Crippen molar-refractivity contribution >= 4 is 23.1 Å². The molecule has 0 saturated carbocycles. The molecule has 2 aromatic carbocycles. The SMILES string of the molecule is Cc1ccc(C2/C(=C(/O)c3ccc4c(c3)CCO4)C(=O)C(=O)N2c2ccc(C#N)cc2)o1. The zero-order chi connectivity index (χ0) is 22.4. The van der Waals surface area contributed by atoms with Gasteiger partial charge in [-0.1, -0.05) is 0 Å². The average Bonchev–Trinajstić information content (AvgIpc) is 3.51. The predicted molar refractivity (Wildman–Crippen MR) is 115 cm³/mol. The summed E-state index contributed by atoms with van der Waals surface area (Å²) in [6.45, 7) is 2.33. The number of ether oxygens (including phenoxy) is 1. The molecule has 2 aliphatic rings. The zero-order valence-electron chi connectivity index (χ0n) is 17.2. The third-order valence-electron chi connectivity index (χ3n) is 5.71. The van der Waals surface area contributed by atoms with E-state index in [4.69, 9.17) is 14.4 Å². The molecule has 3 aromatic rings. The van der Waals surface area contributed by atoms with Crippen LogP contribution in [0.3, 0.4) is 0 Å². The van der Waals surface area contributed by atoms with Gasteiger partial charge in [0.25, 0.3) is 11.7 Å². The van der Waals surface area contributed by atoms with Crippen LogP contribution in [-0.2, 0) is 16.0 Å². The van der Waals surface area contributed by atoms with Crippen molar-refractivity contribution in [3.63, 3.8) is 0 Å². The smallest absolute Gasteiger partial charge is 0.300 e. The maximum absolute atomic E-state index is 13.1. The van der Waals surface area contributed by atoms with E-state index in [2.05, 4.69) is 0 Å². The number of hydrogen-bond donors (Lipinski definition) is 1. The number of nitriles is 1. The largest absolute Gasteiger partial charge is 0.507 e. The Morgan fingerprint density at radius 2 is 1.91 bits per heavy atom. The first-order valence-corrected chi connectivity index (χ1v) is 10.1. The number of fused-ring (bicyclic) bond motifs is 1. The topological polar surface area (TPSA) is 104 Å². The molecule has 7 nitrogen and oxygen atoms in total. The lowest BCUT2D eigenvalue weighted by Crippen LogP contribution is -2.29. The van der Waals surface area contributed by atoms with E-state index in [0.29, 0.717) is 41.4 Å². The van der Waals surface area contributed by atoms with Crippen LogP contribution < -0.4 is 9.64 Å². The standard InChI is InChI=1S/C25H18N2O5/c1-14-2-8-20(32-14)22-21(23(28)17-5-9-19-16(12-17)10-11-31-19)24(29)25(30)27(22)18-6-3-15(13-26)4-7-18/h2-9,12,22,28H,10-11H2,1H3/b23-21-. The van der Waals surface area contributed by atoms with Crippen molar-refractivity contribution in [1.82, 2.24) is 0 Å². The van der Waals surface area contributed by atoms with E-state index in [1.165, 1.54) is 4.90 Å². The van der Waals surface area contributed by atoms with Crippen molar-refractivity contribution in [2.24, 2.45) is 0 Å². The lowest BCUT2D eigenvalue weighted by Gasteiger charge is -2.23. The summed E-state index contributed by atoms with van der Waals surface area (Å²) in [7, 11) is 0. The minimum Gasteiger partial charge on any atom is -0.507 e. The first-order chi connectivity index (χ1) is 15.5. The number of nitrogens with zero attached hydrogens (tertiary/aromatic N) is 2. The van der Waals surface area contributed by atoms with Crippen molar-refractivity contribution in [3.8, 4) is 11.8 Å². The number of aryl methyl sites for hydroxylation is 1. The lowest BCUT2D eigenvalue weighted by atomic mass is 9.97. The number of aliphatic hydroxyl groups is 1. The summed E-state index contributed by atoms with van der Waals surface area (Å²) in [5.41, 5.74) is 2.16. The summed E-state index contributed by atoms with van der Waals surface area (Å²) in [5, 5.41) is 20.3. The Bertz CT molecular complexity index is 1330. The van der Waals surface area contributed by atoms with Crippen molar-refractivity contribution in [2.45, 2.75) is 19.4 Å². The Labute approximate surface area is 183 Å². The van der Waals surface area contributed by atoms with E-state index in [9.17, 15) is 14.7 Å². The van der Waals surface area contributed by atoms with Gasteiger partial charge in [-0.15, -0.1) is 0 Å². The molecule has 1 unspecified atom stereocenters. The maximum atomic E-state index is 13.1. The lowest BCUT2D eigenvalue weighted by molar-refractivity contribution is -0.132. The molecule has 0 spiro atoms. The highest BCUT2D eigenvalue weighted by molar-refractivity contribution is 6.51. The molecule has 2 aliphatic heterocycles. The van der Waals surface area contributed by atoms with Crippen LogP contribution >= 0.6 is 0 Å². The molecule has 1 aromatic heterocycles. The van der Waals surface area contributed by atoms with Gasteiger partial charge in [-0.3, -0.25) is 14.5 Å². The number of benzene rings is 2. The number of amides is 1. The molecule has 3 heterocycles. The fourth-order valence-electron chi connectivity index (χ4n) is 4.15. The van der Waals surface area contributed by atoms with E-state index >= 15 is 0 Å². The van der Waals surface area contributed by atoms with Crippen LogP contribution in [0.25, 0.3) is 5.76 Å². The van der Waals surface area contributed by atoms with Gasteiger partial charge >= 0.3 is 0 Å². The van der Waals surface area contributed by atoms with Gasteiger partial charge in [0.2, 0.25) is 0 Å². The van der Waals surface area contributed by atoms with Crippen LogP contribution in [-0.4, -0.2) is 23.4 Å². The fraction of sp³-hybridized carbons (Fsp3) is 0.160. The third-order valence-corrected chi connectivity index (χ3v) is 5.71. The van der Waals surface area contributed by atoms with E-state index in [1.54, 1.807) is 61.5 Å². The first kappa shape index (κ1) is 19.6. The molecule has 1 N–H and O–H groups in total. The number of anilines is 1. The summed E-state index contributed by atoms with van der Waals surface area (Å²) in [5.74, 6) is -0.134. The molecular weight excluding hydrogens is 408 g/mol. The van der Waals surface area contributed by atoms with E-state index in [0.717, 1.165) is 11.3 Å². The molecule has 7 heteroatoms. The van der Waals surface area contributed by atoms with Gasteiger partial charge in [0.05, 0.1) is 23.8 Å². The fourth-order valence-corrected chi connectivity index (χ4v) is 4.15. The molecular formula is C25H18N2O5. The number of hydrogen-bond acceptors (Lipinski definition) is 6. The van der Waals surface area contributed by atoms with E-state index < -0.39 is 17.7 Å². The summed E-state index contributed by atoms with van der Waals surface area (Å²) in [6.07, 6.45) is 0.705. The van der Waals surface area contributed by atoms with Gasteiger partial charge in [-0.2, -0.15) is 5.26 Å². The van der Waals surface area contributed by atoms with Crippen LogP contribution in [0.1, 0.15) is 34.3 Å². The third kappa shape index (κ3) is 3.05. The average molecular weight is 426 g/mol. The summed E-state index contributed by atoms with van der Waals surface area (Å²) in [4.78, 5) is 27.5. The Morgan fingerprint density at radius 1 is 1.12 bits per heavy atom. The van der Waals surface area contributed by atoms with Crippen molar-refractivity contribution in [1.29, 1.82) is 5.26 Å². The van der Waals surface area contributed by atoms with Crippen LogP contribution in [0.15, 0.2) is 64.6 Å². The molecule has 0 aliphatic carbocycles. The van der Waals surface area contributed by atoms with Gasteiger partial charge in [0.15, 0.2) is 0 Å². The summed E-state index contributed by atoms with van der Waals surface area (Å²) >= 11 is 0. The maximum Gasteiger partial charge on any atom is 0.300 e. The van der Waals surface area contributed by atoms with Crippen molar-refractivity contribution in [2.75, 3.05) is 11.5 Å². The zero-order valence-corrected chi connectivity index (χ0v) is 17.2. The van der Waals surface area contributed by atoms with Gasteiger partial charge in [0, 0.05) is 17.7 Å². The van der Waals surface area contributed by atoms with Crippen molar-refractivity contribution in [3.05, 3.63) is 88.4 Å². The number of ketones is 1. The number of carbonyl (C=O) groups excluding carboxylic acids is 2. The van der Waals surface area contributed by atoms with Gasteiger partial charge < -0.3 is 14.3 Å². The normalized spacial score (nSPS) is 19.0. The van der Waals surface area contributed by atoms with Crippen LogP contribution in [0.2, 0.25) is 0 Å². The van der Waals surface area contributed by atoms with E-state index in [-0.39, 0.29) is 11.3 Å².